The average Bonchev–Trinajstić information content (AvgIpc) is 2.92. The zero-order chi connectivity index (χ0) is 12.1. The Hall–Kier alpha value is -0.870. The molecule has 0 aromatic carbocycles. The van der Waals surface area contributed by atoms with Crippen molar-refractivity contribution in [2.75, 3.05) is 20.1 Å². The molecule has 1 fully saturated rings. The number of nitrogens with zero attached hydrogens (tertiary/aromatic N) is 3. The summed E-state index contributed by atoms with van der Waals surface area (Å²) in [5.74, 6) is 1.14. The van der Waals surface area contributed by atoms with Crippen molar-refractivity contribution < 1.29 is 0 Å². The maximum absolute atomic E-state index is 4.35. The van der Waals surface area contributed by atoms with Gasteiger partial charge in [-0.25, -0.2) is 4.98 Å². The molecule has 0 spiro atoms. The zero-order valence-corrected chi connectivity index (χ0v) is 11.0. The van der Waals surface area contributed by atoms with Crippen LogP contribution in [-0.4, -0.2) is 40.6 Å². The summed E-state index contributed by atoms with van der Waals surface area (Å²) in [4.78, 5) is 6.71. The Balaban J connectivity index is 1.63. The minimum Gasteiger partial charge on any atom is -0.337 e. The molecule has 2 rings (SSSR count). The van der Waals surface area contributed by atoms with Crippen LogP contribution in [0.15, 0.2) is 12.4 Å². The summed E-state index contributed by atoms with van der Waals surface area (Å²) in [5, 5.41) is 3.55. The van der Waals surface area contributed by atoms with Crippen molar-refractivity contribution in [3.8, 4) is 0 Å². The first-order valence-corrected chi connectivity index (χ1v) is 6.64. The molecule has 4 heteroatoms. The van der Waals surface area contributed by atoms with Gasteiger partial charge in [0, 0.05) is 25.5 Å². The van der Waals surface area contributed by atoms with Gasteiger partial charge in [0.05, 0.1) is 6.54 Å². The molecule has 4 nitrogen and oxygen atoms in total. The van der Waals surface area contributed by atoms with Crippen LogP contribution in [0.3, 0.4) is 0 Å². The molecule has 1 aromatic rings. The normalized spacial score (nSPS) is 20.3. The Morgan fingerprint density at radius 1 is 1.59 bits per heavy atom. The lowest BCUT2D eigenvalue weighted by molar-refractivity contribution is 0.301. The Morgan fingerprint density at radius 3 is 3.12 bits per heavy atom. The van der Waals surface area contributed by atoms with E-state index < -0.39 is 0 Å². The van der Waals surface area contributed by atoms with Crippen LogP contribution in [0.1, 0.15) is 31.5 Å². The van der Waals surface area contributed by atoms with Crippen LogP contribution in [0.4, 0.5) is 0 Å². The first-order chi connectivity index (χ1) is 8.25. The second kappa shape index (κ2) is 6.17. The second-order valence-corrected chi connectivity index (χ2v) is 5.13. The standard InChI is InChI=1S/C13H24N4/c1-16(11-13-15-8-10-17(13)2)9-4-6-12-5-3-7-14-12/h8,10,12,14H,3-7,9,11H2,1-2H3. The molecule has 1 aromatic heterocycles. The maximum atomic E-state index is 4.35. The van der Waals surface area contributed by atoms with Crippen LogP contribution in [0.5, 0.6) is 0 Å². The van der Waals surface area contributed by atoms with Gasteiger partial charge in [-0.15, -0.1) is 0 Å². The van der Waals surface area contributed by atoms with Crippen molar-refractivity contribution >= 4 is 0 Å². The fourth-order valence-electron chi connectivity index (χ4n) is 2.48. The van der Waals surface area contributed by atoms with Crippen molar-refractivity contribution in [2.45, 2.75) is 38.3 Å². The van der Waals surface area contributed by atoms with E-state index in [-0.39, 0.29) is 0 Å². The van der Waals surface area contributed by atoms with E-state index in [4.69, 9.17) is 0 Å². The minimum atomic E-state index is 0.775. The number of aryl methyl sites for hydroxylation is 1. The summed E-state index contributed by atoms with van der Waals surface area (Å²) in [6.07, 6.45) is 9.18. The molecule has 1 N–H and O–H groups in total. The maximum Gasteiger partial charge on any atom is 0.122 e. The summed E-state index contributed by atoms with van der Waals surface area (Å²) in [6, 6.07) is 0.775. The molecule has 1 saturated heterocycles. The van der Waals surface area contributed by atoms with Crippen LogP contribution in [-0.2, 0) is 13.6 Å². The molecule has 96 valence electrons. The lowest BCUT2D eigenvalue weighted by Crippen LogP contribution is -2.25. The third kappa shape index (κ3) is 3.82. The number of hydrogen-bond donors (Lipinski definition) is 1. The van der Waals surface area contributed by atoms with Gasteiger partial charge in [-0.1, -0.05) is 0 Å². The van der Waals surface area contributed by atoms with Crippen LogP contribution >= 0.6 is 0 Å². The quantitative estimate of drug-likeness (QED) is 0.810. The average molecular weight is 236 g/mol. The molecular weight excluding hydrogens is 212 g/mol. The highest BCUT2D eigenvalue weighted by molar-refractivity contribution is 4.90. The fourth-order valence-corrected chi connectivity index (χ4v) is 2.48. The third-order valence-corrected chi connectivity index (χ3v) is 3.59. The van der Waals surface area contributed by atoms with E-state index in [2.05, 4.69) is 33.9 Å². The predicted octanol–water partition coefficient (Wildman–Crippen LogP) is 1.38. The molecule has 17 heavy (non-hydrogen) atoms. The van der Waals surface area contributed by atoms with Gasteiger partial charge < -0.3 is 9.88 Å². The topological polar surface area (TPSA) is 33.1 Å². The van der Waals surface area contributed by atoms with Crippen molar-refractivity contribution in [3.05, 3.63) is 18.2 Å². The van der Waals surface area contributed by atoms with Gasteiger partial charge in [-0.2, -0.15) is 0 Å². The Labute approximate surface area is 104 Å². The first kappa shape index (κ1) is 12.6. The number of nitrogens with one attached hydrogen (secondary N) is 1. The van der Waals surface area contributed by atoms with E-state index in [0.29, 0.717) is 0 Å². The van der Waals surface area contributed by atoms with E-state index in [0.717, 1.165) is 25.0 Å². The van der Waals surface area contributed by atoms with E-state index in [9.17, 15) is 0 Å². The molecule has 1 unspecified atom stereocenters. The molecule has 0 saturated carbocycles. The Morgan fingerprint density at radius 2 is 2.47 bits per heavy atom. The predicted molar refractivity (Wildman–Crippen MR) is 69.8 cm³/mol. The largest absolute Gasteiger partial charge is 0.337 e. The Bertz CT molecular complexity index is 328. The summed E-state index contributed by atoms with van der Waals surface area (Å²) in [5.41, 5.74) is 0. The summed E-state index contributed by atoms with van der Waals surface area (Å²) in [7, 11) is 4.23. The smallest absolute Gasteiger partial charge is 0.122 e. The van der Waals surface area contributed by atoms with Gasteiger partial charge in [-0.05, 0) is 45.8 Å². The van der Waals surface area contributed by atoms with E-state index in [1.807, 2.05) is 12.4 Å². The lowest BCUT2D eigenvalue weighted by Gasteiger charge is -2.17. The monoisotopic (exact) mass is 236 g/mol. The van der Waals surface area contributed by atoms with Crippen LogP contribution in [0.25, 0.3) is 0 Å². The molecule has 0 amide bonds. The molecular formula is C13H24N4. The molecule has 1 aliphatic heterocycles. The van der Waals surface area contributed by atoms with Gasteiger partial charge in [0.25, 0.3) is 0 Å². The minimum absolute atomic E-state index is 0.775. The molecule has 0 aliphatic carbocycles. The van der Waals surface area contributed by atoms with E-state index in [1.165, 1.54) is 32.2 Å². The highest BCUT2D eigenvalue weighted by Crippen LogP contribution is 2.11. The van der Waals surface area contributed by atoms with Crippen LogP contribution in [0.2, 0.25) is 0 Å². The Kier molecular flexibility index (Phi) is 4.57. The van der Waals surface area contributed by atoms with E-state index >= 15 is 0 Å². The molecule has 1 aliphatic rings. The first-order valence-electron chi connectivity index (χ1n) is 6.64. The lowest BCUT2D eigenvalue weighted by atomic mass is 10.1. The second-order valence-electron chi connectivity index (χ2n) is 5.13. The van der Waals surface area contributed by atoms with Crippen molar-refractivity contribution in [3.63, 3.8) is 0 Å². The number of rotatable bonds is 6. The van der Waals surface area contributed by atoms with Crippen molar-refractivity contribution in [1.82, 2.24) is 19.8 Å². The number of aromatic nitrogens is 2. The number of hydrogen-bond acceptors (Lipinski definition) is 3. The zero-order valence-electron chi connectivity index (χ0n) is 11.0. The van der Waals surface area contributed by atoms with Gasteiger partial charge in [0.15, 0.2) is 0 Å². The van der Waals surface area contributed by atoms with Crippen LogP contribution < -0.4 is 5.32 Å². The van der Waals surface area contributed by atoms with Gasteiger partial charge in [0.2, 0.25) is 0 Å². The SMILES string of the molecule is CN(CCCC1CCCN1)Cc1nccn1C. The van der Waals surface area contributed by atoms with Crippen molar-refractivity contribution in [2.24, 2.45) is 7.05 Å². The number of imidazole rings is 1. The molecule has 0 bridgehead atoms. The molecule has 2 heterocycles. The fraction of sp³-hybridized carbons (Fsp3) is 0.769. The molecule has 0 radical (unpaired) electrons. The highest BCUT2D eigenvalue weighted by Gasteiger charge is 2.13. The third-order valence-electron chi connectivity index (χ3n) is 3.59. The molecule has 1 atom stereocenters. The van der Waals surface area contributed by atoms with Gasteiger partial charge in [-0.3, -0.25) is 4.90 Å². The van der Waals surface area contributed by atoms with Gasteiger partial charge >= 0.3 is 0 Å². The summed E-state index contributed by atoms with van der Waals surface area (Å²) >= 11 is 0. The summed E-state index contributed by atoms with van der Waals surface area (Å²) in [6.45, 7) is 3.32. The summed E-state index contributed by atoms with van der Waals surface area (Å²) < 4.78 is 2.09. The van der Waals surface area contributed by atoms with Crippen molar-refractivity contribution in [1.29, 1.82) is 0 Å². The van der Waals surface area contributed by atoms with Crippen LogP contribution in [0, 0.1) is 0 Å². The van der Waals surface area contributed by atoms with Gasteiger partial charge in [0.1, 0.15) is 5.82 Å². The highest BCUT2D eigenvalue weighted by atomic mass is 15.1. The van der Waals surface area contributed by atoms with E-state index in [1.54, 1.807) is 0 Å².